The minimum atomic E-state index is 0.427. The molecule has 0 bridgehead atoms. The van der Waals surface area contributed by atoms with Crippen LogP contribution in [0.3, 0.4) is 0 Å². The number of nitrogens with one attached hydrogen (secondary N) is 1. The Bertz CT molecular complexity index is 140. The van der Waals surface area contributed by atoms with E-state index in [9.17, 15) is 0 Å². The quantitative estimate of drug-likeness (QED) is 0.575. The molecule has 1 N–H and O–H groups in total. The van der Waals surface area contributed by atoms with E-state index in [1.807, 2.05) is 0 Å². The molecule has 1 fully saturated rings. The Morgan fingerprint density at radius 1 is 1.25 bits per heavy atom. The summed E-state index contributed by atoms with van der Waals surface area (Å²) in [4.78, 5) is 0. The summed E-state index contributed by atoms with van der Waals surface area (Å²) in [6, 6.07) is 0. The lowest BCUT2D eigenvalue weighted by Crippen LogP contribution is -2.36. The van der Waals surface area contributed by atoms with E-state index in [4.69, 9.17) is 0 Å². The fraction of sp³-hybridized carbons (Fsp3) is 1.00. The van der Waals surface area contributed by atoms with Crippen molar-refractivity contribution in [2.75, 3.05) is 13.1 Å². The molecule has 1 unspecified atom stereocenters. The van der Waals surface area contributed by atoms with Crippen molar-refractivity contribution in [3.05, 3.63) is 0 Å². The summed E-state index contributed by atoms with van der Waals surface area (Å²) in [5, 5.41) is 3.47. The lowest BCUT2D eigenvalue weighted by atomic mass is 9.73. The van der Waals surface area contributed by atoms with Crippen LogP contribution in [0.2, 0.25) is 0 Å². The normalized spacial score (nSPS) is 33.0. The predicted molar refractivity (Wildman–Crippen MR) is 62.9 cm³/mol. The van der Waals surface area contributed by atoms with Crippen LogP contribution in [0, 0.1) is 5.41 Å². The van der Waals surface area contributed by atoms with Gasteiger partial charge >= 0.3 is 0 Å². The molecule has 0 radical (unpaired) electrons. The van der Waals surface area contributed by atoms with Crippen molar-refractivity contribution >= 4 is 22.6 Å². The van der Waals surface area contributed by atoms with Crippen molar-refractivity contribution in [2.24, 2.45) is 5.41 Å². The van der Waals surface area contributed by atoms with Gasteiger partial charge in [-0.15, -0.1) is 0 Å². The van der Waals surface area contributed by atoms with Crippen molar-refractivity contribution < 1.29 is 0 Å². The molecule has 1 saturated heterocycles. The van der Waals surface area contributed by atoms with E-state index in [0.717, 1.165) is 0 Å². The predicted octanol–water partition coefficient (Wildman–Crippen LogP) is 2.98. The molecule has 0 aliphatic carbocycles. The first-order chi connectivity index (χ1) is 5.46. The van der Waals surface area contributed by atoms with Gasteiger partial charge in [-0.05, 0) is 37.8 Å². The van der Waals surface area contributed by atoms with Crippen LogP contribution in [0.5, 0.6) is 0 Å². The molecule has 0 aromatic carbocycles. The Morgan fingerprint density at radius 3 is 2.50 bits per heavy atom. The second-order valence-corrected chi connectivity index (χ2v) is 7.33. The smallest absolute Gasteiger partial charge is 0.0220 e. The lowest BCUT2D eigenvalue weighted by Gasteiger charge is -2.39. The SMILES string of the molecule is CC(C)(I)C1(C)CCCNCC1. The Balaban J connectivity index is 2.67. The van der Waals surface area contributed by atoms with E-state index in [1.54, 1.807) is 0 Å². The molecular weight excluding hydrogens is 261 g/mol. The average molecular weight is 281 g/mol. The van der Waals surface area contributed by atoms with Gasteiger partial charge in [-0.25, -0.2) is 0 Å². The zero-order valence-corrected chi connectivity index (χ0v) is 10.6. The van der Waals surface area contributed by atoms with E-state index >= 15 is 0 Å². The highest BCUT2D eigenvalue weighted by atomic mass is 127. The molecule has 12 heavy (non-hydrogen) atoms. The number of rotatable bonds is 1. The monoisotopic (exact) mass is 281 g/mol. The van der Waals surface area contributed by atoms with Crippen LogP contribution >= 0.6 is 22.6 Å². The van der Waals surface area contributed by atoms with Crippen LogP contribution in [-0.4, -0.2) is 16.5 Å². The molecule has 1 aliphatic heterocycles. The maximum absolute atomic E-state index is 3.47. The Labute approximate surface area is 89.8 Å². The maximum atomic E-state index is 3.47. The molecule has 2 heteroatoms. The zero-order chi connectivity index (χ0) is 9.24. The van der Waals surface area contributed by atoms with Crippen molar-refractivity contribution in [1.29, 1.82) is 0 Å². The number of hydrogen-bond donors (Lipinski definition) is 1. The van der Waals surface area contributed by atoms with Gasteiger partial charge in [-0.3, -0.25) is 0 Å². The van der Waals surface area contributed by atoms with Crippen LogP contribution in [0.1, 0.15) is 40.0 Å². The summed E-state index contributed by atoms with van der Waals surface area (Å²) in [7, 11) is 0. The van der Waals surface area contributed by atoms with Crippen molar-refractivity contribution in [3.63, 3.8) is 0 Å². The van der Waals surface area contributed by atoms with E-state index in [0.29, 0.717) is 8.84 Å². The lowest BCUT2D eigenvalue weighted by molar-refractivity contribution is 0.232. The van der Waals surface area contributed by atoms with Gasteiger partial charge in [0.25, 0.3) is 0 Å². The minimum absolute atomic E-state index is 0.427. The van der Waals surface area contributed by atoms with Crippen LogP contribution in [0.4, 0.5) is 0 Å². The fourth-order valence-electron chi connectivity index (χ4n) is 1.81. The number of alkyl halides is 1. The van der Waals surface area contributed by atoms with Crippen LogP contribution < -0.4 is 5.32 Å². The molecule has 1 atom stereocenters. The molecule has 0 aromatic heterocycles. The van der Waals surface area contributed by atoms with E-state index in [2.05, 4.69) is 48.7 Å². The second kappa shape index (κ2) is 3.82. The molecular formula is C10H20IN. The topological polar surface area (TPSA) is 12.0 Å². The highest BCUT2D eigenvalue weighted by Crippen LogP contribution is 2.45. The number of hydrogen-bond acceptors (Lipinski definition) is 1. The molecule has 1 nitrogen and oxygen atoms in total. The van der Waals surface area contributed by atoms with Gasteiger partial charge in [0, 0.05) is 3.42 Å². The largest absolute Gasteiger partial charge is 0.317 e. The molecule has 0 aromatic rings. The first-order valence-corrected chi connectivity index (χ1v) is 5.93. The van der Waals surface area contributed by atoms with Crippen LogP contribution in [0.15, 0.2) is 0 Å². The third-order valence-electron chi connectivity index (χ3n) is 3.37. The molecule has 0 amide bonds. The highest BCUT2D eigenvalue weighted by molar-refractivity contribution is 14.1. The van der Waals surface area contributed by atoms with Crippen molar-refractivity contribution in [3.8, 4) is 0 Å². The second-order valence-electron chi connectivity index (χ2n) is 4.64. The van der Waals surface area contributed by atoms with Gasteiger partial charge in [-0.1, -0.05) is 43.4 Å². The summed E-state index contributed by atoms with van der Waals surface area (Å²) in [6.45, 7) is 9.56. The molecule has 0 saturated carbocycles. The fourth-order valence-corrected chi connectivity index (χ4v) is 2.35. The summed E-state index contributed by atoms with van der Waals surface area (Å²) in [5.74, 6) is 0. The molecule has 72 valence electrons. The average Bonchev–Trinajstić information content (AvgIpc) is 2.12. The minimum Gasteiger partial charge on any atom is -0.317 e. The van der Waals surface area contributed by atoms with Crippen molar-refractivity contribution in [1.82, 2.24) is 5.32 Å². The van der Waals surface area contributed by atoms with Gasteiger partial charge in [0.15, 0.2) is 0 Å². The standard InChI is InChI=1S/C10H20IN/c1-9(2,11)10(3)5-4-7-12-8-6-10/h12H,4-8H2,1-3H3. The summed E-state index contributed by atoms with van der Waals surface area (Å²) in [5.41, 5.74) is 0.525. The first-order valence-electron chi connectivity index (χ1n) is 4.85. The molecule has 1 rings (SSSR count). The highest BCUT2D eigenvalue weighted by Gasteiger charge is 2.38. The van der Waals surface area contributed by atoms with Gasteiger partial charge in [0.05, 0.1) is 0 Å². The third-order valence-corrected chi connectivity index (χ3v) is 4.67. The van der Waals surface area contributed by atoms with E-state index in [-0.39, 0.29) is 0 Å². The third kappa shape index (κ3) is 2.34. The zero-order valence-electron chi connectivity index (χ0n) is 8.41. The molecule has 1 aliphatic rings. The van der Waals surface area contributed by atoms with Crippen LogP contribution in [0.25, 0.3) is 0 Å². The van der Waals surface area contributed by atoms with Gasteiger partial charge in [0.2, 0.25) is 0 Å². The Kier molecular flexibility index (Phi) is 3.43. The first kappa shape index (κ1) is 10.8. The summed E-state index contributed by atoms with van der Waals surface area (Å²) < 4.78 is 0.427. The maximum Gasteiger partial charge on any atom is 0.0220 e. The number of halogens is 1. The molecule has 1 heterocycles. The Morgan fingerprint density at radius 2 is 1.92 bits per heavy atom. The van der Waals surface area contributed by atoms with Gasteiger partial charge in [-0.2, -0.15) is 0 Å². The van der Waals surface area contributed by atoms with E-state index in [1.165, 1.54) is 32.4 Å². The summed E-state index contributed by atoms with van der Waals surface area (Å²) in [6.07, 6.45) is 4.03. The Hall–Kier alpha value is 0.690. The van der Waals surface area contributed by atoms with Crippen LogP contribution in [-0.2, 0) is 0 Å². The summed E-state index contributed by atoms with van der Waals surface area (Å²) >= 11 is 2.60. The van der Waals surface area contributed by atoms with Gasteiger partial charge in [0.1, 0.15) is 0 Å². The van der Waals surface area contributed by atoms with Gasteiger partial charge < -0.3 is 5.32 Å². The molecule has 0 spiro atoms. The van der Waals surface area contributed by atoms with Crippen molar-refractivity contribution in [2.45, 2.75) is 43.5 Å². The van der Waals surface area contributed by atoms with E-state index < -0.39 is 0 Å².